The third-order valence-electron chi connectivity index (χ3n) is 3.97. The van der Waals surface area contributed by atoms with Gasteiger partial charge in [-0.15, -0.1) is 24.0 Å². The van der Waals surface area contributed by atoms with Crippen LogP contribution in [0.2, 0.25) is 0 Å². The van der Waals surface area contributed by atoms with Crippen LogP contribution in [-0.4, -0.2) is 35.4 Å². The normalized spacial score (nSPS) is 11.3. The summed E-state index contributed by atoms with van der Waals surface area (Å²) in [5, 5.41) is 11.3. The second-order valence-electron chi connectivity index (χ2n) is 6.27. The van der Waals surface area contributed by atoms with Gasteiger partial charge in [0.2, 0.25) is 0 Å². The third kappa shape index (κ3) is 8.25. The quantitative estimate of drug-likeness (QED) is 0.239. The minimum absolute atomic E-state index is 0. The molecule has 2 N–H and O–H groups in total. The molecule has 0 saturated heterocycles. The first-order chi connectivity index (χ1) is 12.2. The van der Waals surface area contributed by atoms with Gasteiger partial charge in [0.15, 0.2) is 5.96 Å². The number of aromatic nitrogens is 2. The molecule has 2 heterocycles. The molecule has 0 fully saturated rings. The van der Waals surface area contributed by atoms with Gasteiger partial charge in [0.05, 0.1) is 12.0 Å². The Bertz CT molecular complexity index is 636. The predicted octanol–water partition coefficient (Wildman–Crippen LogP) is 3.68. The lowest BCUT2D eigenvalue weighted by atomic mass is 10.3. The molecule has 26 heavy (non-hydrogen) atoms. The van der Waals surface area contributed by atoms with Crippen LogP contribution in [0.15, 0.2) is 33.9 Å². The molecule has 0 aliphatic rings. The molecule has 0 radical (unpaired) electrons. The first-order valence-corrected chi connectivity index (χ1v) is 9.24. The minimum Gasteiger partial charge on any atom is -0.469 e. The van der Waals surface area contributed by atoms with Gasteiger partial charge in [-0.3, -0.25) is 9.67 Å². The highest BCUT2D eigenvalue weighted by Gasteiger charge is 2.02. The Hall–Kier alpha value is -1.51. The lowest BCUT2D eigenvalue weighted by Gasteiger charge is -2.12. The van der Waals surface area contributed by atoms with Crippen LogP contribution in [0, 0.1) is 13.8 Å². The lowest BCUT2D eigenvalue weighted by Crippen LogP contribution is -2.39. The molecule has 0 aliphatic carbocycles. The smallest absolute Gasteiger partial charge is 0.191 e. The maximum Gasteiger partial charge on any atom is 0.191 e. The van der Waals surface area contributed by atoms with Crippen LogP contribution in [0.4, 0.5) is 0 Å². The molecule has 0 spiro atoms. The SMILES string of the molecule is CCCCNC(=NCCCn1nc(C)cc1C)NCCc1ccco1.I. The standard InChI is InChI=1S/C19H31N5O.HI/c1-4-5-10-20-19(22-12-9-18-8-6-14-25-18)21-11-7-13-24-17(3)15-16(2)23-24;/h6,8,14-15H,4-5,7,9-13H2,1-3H3,(H2,20,21,22);1H. The van der Waals surface area contributed by atoms with Crippen molar-refractivity contribution in [3.05, 3.63) is 41.6 Å². The first kappa shape index (κ1) is 22.5. The average molecular weight is 473 g/mol. The second-order valence-corrected chi connectivity index (χ2v) is 6.27. The molecule has 0 aliphatic heterocycles. The summed E-state index contributed by atoms with van der Waals surface area (Å²) >= 11 is 0. The Morgan fingerprint density at radius 3 is 2.69 bits per heavy atom. The molecule has 6 nitrogen and oxygen atoms in total. The highest BCUT2D eigenvalue weighted by atomic mass is 127. The van der Waals surface area contributed by atoms with E-state index >= 15 is 0 Å². The van der Waals surface area contributed by atoms with Crippen molar-refractivity contribution in [3.63, 3.8) is 0 Å². The highest BCUT2D eigenvalue weighted by Crippen LogP contribution is 2.03. The zero-order chi connectivity index (χ0) is 17.9. The molecule has 2 aromatic rings. The molecular weight excluding hydrogens is 441 g/mol. The number of guanidine groups is 1. The van der Waals surface area contributed by atoms with Crippen molar-refractivity contribution in [2.75, 3.05) is 19.6 Å². The maximum atomic E-state index is 5.36. The van der Waals surface area contributed by atoms with Gasteiger partial charge in [-0.2, -0.15) is 5.10 Å². The summed E-state index contributed by atoms with van der Waals surface area (Å²) in [6, 6.07) is 6.03. The first-order valence-electron chi connectivity index (χ1n) is 9.24. The Morgan fingerprint density at radius 1 is 1.23 bits per heavy atom. The fourth-order valence-electron chi connectivity index (χ4n) is 2.63. The summed E-state index contributed by atoms with van der Waals surface area (Å²) in [5.41, 5.74) is 2.28. The van der Waals surface area contributed by atoms with Gasteiger partial charge < -0.3 is 15.1 Å². The van der Waals surface area contributed by atoms with E-state index in [-0.39, 0.29) is 24.0 Å². The van der Waals surface area contributed by atoms with Gasteiger partial charge in [-0.25, -0.2) is 0 Å². The molecule has 146 valence electrons. The average Bonchev–Trinajstić information content (AvgIpc) is 3.21. The Kier molecular flexibility index (Phi) is 11.1. The van der Waals surface area contributed by atoms with Gasteiger partial charge in [-0.1, -0.05) is 13.3 Å². The molecular formula is C19H32IN5O. The number of hydrogen-bond acceptors (Lipinski definition) is 3. The number of aryl methyl sites for hydroxylation is 3. The number of rotatable bonds is 10. The van der Waals surface area contributed by atoms with E-state index in [1.807, 2.05) is 19.1 Å². The summed E-state index contributed by atoms with van der Waals surface area (Å²) in [6.45, 7) is 9.75. The molecule has 7 heteroatoms. The number of aliphatic imine (C=N–C) groups is 1. The van der Waals surface area contributed by atoms with Crippen molar-refractivity contribution in [3.8, 4) is 0 Å². The molecule has 0 bridgehead atoms. The second kappa shape index (κ2) is 12.8. The van der Waals surface area contributed by atoms with E-state index in [2.05, 4.69) is 45.3 Å². The van der Waals surface area contributed by atoms with E-state index in [9.17, 15) is 0 Å². The summed E-state index contributed by atoms with van der Waals surface area (Å²) < 4.78 is 7.42. The van der Waals surface area contributed by atoms with Gasteiger partial charge >= 0.3 is 0 Å². The highest BCUT2D eigenvalue weighted by molar-refractivity contribution is 14.0. The summed E-state index contributed by atoms with van der Waals surface area (Å²) in [7, 11) is 0. The Balaban J connectivity index is 0.00000338. The van der Waals surface area contributed by atoms with Crippen molar-refractivity contribution in [1.29, 1.82) is 0 Å². The monoisotopic (exact) mass is 473 g/mol. The number of hydrogen-bond donors (Lipinski definition) is 2. The topological polar surface area (TPSA) is 67.4 Å². The molecule has 0 atom stereocenters. The van der Waals surface area contributed by atoms with Crippen LogP contribution in [0.25, 0.3) is 0 Å². The molecule has 0 amide bonds. The van der Waals surface area contributed by atoms with Gasteiger partial charge in [0, 0.05) is 38.3 Å². The van der Waals surface area contributed by atoms with E-state index in [0.29, 0.717) is 0 Å². The van der Waals surface area contributed by atoms with Crippen molar-refractivity contribution < 1.29 is 4.42 Å². The fraction of sp³-hybridized carbons (Fsp3) is 0.579. The van der Waals surface area contributed by atoms with Crippen LogP contribution in [0.5, 0.6) is 0 Å². The van der Waals surface area contributed by atoms with Crippen LogP contribution >= 0.6 is 24.0 Å². The van der Waals surface area contributed by atoms with Crippen molar-refractivity contribution in [1.82, 2.24) is 20.4 Å². The van der Waals surface area contributed by atoms with Crippen LogP contribution in [0.1, 0.15) is 43.3 Å². The lowest BCUT2D eigenvalue weighted by molar-refractivity contribution is 0.506. The zero-order valence-corrected chi connectivity index (χ0v) is 18.5. The third-order valence-corrected chi connectivity index (χ3v) is 3.97. The summed E-state index contributed by atoms with van der Waals surface area (Å²) in [4.78, 5) is 4.69. The van der Waals surface area contributed by atoms with Crippen LogP contribution in [-0.2, 0) is 13.0 Å². The zero-order valence-electron chi connectivity index (χ0n) is 16.1. The van der Waals surface area contributed by atoms with E-state index in [1.54, 1.807) is 6.26 Å². The molecule has 0 unspecified atom stereocenters. The number of halogens is 1. The number of furan rings is 1. The number of nitrogens with zero attached hydrogens (tertiary/aromatic N) is 3. The fourth-order valence-corrected chi connectivity index (χ4v) is 2.63. The van der Waals surface area contributed by atoms with Crippen molar-refractivity contribution in [2.24, 2.45) is 4.99 Å². The van der Waals surface area contributed by atoms with E-state index in [4.69, 9.17) is 4.42 Å². The van der Waals surface area contributed by atoms with Crippen LogP contribution < -0.4 is 10.6 Å². The Labute approximate surface area is 173 Å². The van der Waals surface area contributed by atoms with Crippen molar-refractivity contribution in [2.45, 2.75) is 53.0 Å². The summed E-state index contributed by atoms with van der Waals surface area (Å²) in [5.74, 6) is 1.87. The van der Waals surface area contributed by atoms with Crippen LogP contribution in [0.3, 0.4) is 0 Å². The number of nitrogens with one attached hydrogen (secondary N) is 2. The minimum atomic E-state index is 0. The molecule has 0 aromatic carbocycles. The predicted molar refractivity (Wildman–Crippen MR) is 117 cm³/mol. The number of unbranched alkanes of at least 4 members (excludes halogenated alkanes) is 1. The molecule has 0 saturated carbocycles. The van der Waals surface area contributed by atoms with E-state index in [0.717, 1.165) is 62.9 Å². The maximum absolute atomic E-state index is 5.36. The van der Waals surface area contributed by atoms with Gasteiger partial charge in [0.1, 0.15) is 5.76 Å². The largest absolute Gasteiger partial charge is 0.469 e. The molecule has 2 aromatic heterocycles. The summed E-state index contributed by atoms with van der Waals surface area (Å²) in [6.07, 6.45) is 5.85. The van der Waals surface area contributed by atoms with Gasteiger partial charge in [-0.05, 0) is 44.9 Å². The van der Waals surface area contributed by atoms with E-state index < -0.39 is 0 Å². The van der Waals surface area contributed by atoms with E-state index in [1.165, 1.54) is 12.1 Å². The Morgan fingerprint density at radius 2 is 2.04 bits per heavy atom. The van der Waals surface area contributed by atoms with Gasteiger partial charge in [0.25, 0.3) is 0 Å². The van der Waals surface area contributed by atoms with Crippen molar-refractivity contribution >= 4 is 29.9 Å². The molecule has 2 rings (SSSR count).